The number of hydrogen-bond donors (Lipinski definition) is 5. The van der Waals surface area contributed by atoms with E-state index in [-0.39, 0.29) is 30.0 Å². The summed E-state index contributed by atoms with van der Waals surface area (Å²) in [6.45, 7) is 5.09. The van der Waals surface area contributed by atoms with Gasteiger partial charge in [0.25, 0.3) is 0 Å². The summed E-state index contributed by atoms with van der Waals surface area (Å²) >= 11 is 0. The highest BCUT2D eigenvalue weighted by Gasteiger charge is 2.27. The van der Waals surface area contributed by atoms with Crippen molar-refractivity contribution in [3.05, 3.63) is 65.7 Å². The van der Waals surface area contributed by atoms with E-state index in [1.165, 1.54) is 6.92 Å². The normalized spacial score (nSPS) is 13.0. The Labute approximate surface area is 188 Å². The van der Waals surface area contributed by atoms with Gasteiger partial charge in [0.2, 0.25) is 17.7 Å². The summed E-state index contributed by atoms with van der Waals surface area (Å²) in [6.07, 6.45) is 0.673. The molecule has 2 aromatic carbocycles. The van der Waals surface area contributed by atoms with Gasteiger partial charge in [-0.15, -0.1) is 0 Å². The Bertz CT molecular complexity index is 913. The quantitative estimate of drug-likeness (QED) is 0.376. The average molecular weight is 441 g/mol. The van der Waals surface area contributed by atoms with Crippen molar-refractivity contribution < 1.29 is 19.5 Å². The molecule has 2 atom stereocenters. The number of aromatic hydroxyl groups is 1. The van der Waals surface area contributed by atoms with Gasteiger partial charge >= 0.3 is 0 Å². The largest absolute Gasteiger partial charge is 0.508 e. The van der Waals surface area contributed by atoms with Crippen LogP contribution < -0.4 is 21.7 Å². The van der Waals surface area contributed by atoms with Gasteiger partial charge in [-0.05, 0) is 43.5 Å². The third-order valence-electron chi connectivity index (χ3n) is 4.87. The first-order valence-corrected chi connectivity index (χ1v) is 10.5. The number of rotatable bonds is 10. The third kappa shape index (κ3) is 8.39. The summed E-state index contributed by atoms with van der Waals surface area (Å²) in [4.78, 5) is 36.8. The van der Waals surface area contributed by atoms with Gasteiger partial charge in [-0.25, -0.2) is 0 Å². The van der Waals surface area contributed by atoms with Gasteiger partial charge in [0.15, 0.2) is 0 Å². The first kappa shape index (κ1) is 24.9. The molecular formula is C24H32N4O4. The first-order valence-electron chi connectivity index (χ1n) is 10.5. The topological polar surface area (TPSA) is 134 Å². The molecule has 1 unspecified atom stereocenters. The van der Waals surface area contributed by atoms with Crippen molar-refractivity contribution in [3.63, 3.8) is 0 Å². The van der Waals surface area contributed by atoms with E-state index in [0.717, 1.165) is 11.1 Å². The van der Waals surface area contributed by atoms with Gasteiger partial charge in [-0.1, -0.05) is 42.5 Å². The lowest BCUT2D eigenvalue weighted by atomic mass is 10.0. The molecule has 0 bridgehead atoms. The van der Waals surface area contributed by atoms with Crippen LogP contribution in [0.15, 0.2) is 54.6 Å². The molecule has 0 spiro atoms. The van der Waals surface area contributed by atoms with Crippen molar-refractivity contribution in [3.8, 4) is 5.75 Å². The summed E-state index contributed by atoms with van der Waals surface area (Å²) in [5.41, 5.74) is 7.03. The zero-order valence-corrected chi connectivity index (χ0v) is 18.7. The molecule has 0 heterocycles. The van der Waals surface area contributed by atoms with Crippen molar-refractivity contribution in [1.82, 2.24) is 16.0 Å². The number of hydrogen-bond acceptors (Lipinski definition) is 5. The van der Waals surface area contributed by atoms with E-state index in [0.29, 0.717) is 12.8 Å². The Morgan fingerprint density at radius 2 is 1.53 bits per heavy atom. The zero-order chi connectivity index (χ0) is 23.7. The lowest BCUT2D eigenvalue weighted by molar-refractivity contribution is -0.128. The van der Waals surface area contributed by atoms with E-state index in [1.54, 1.807) is 38.1 Å². The Kier molecular flexibility index (Phi) is 8.78. The molecule has 0 radical (unpaired) electrons. The van der Waals surface area contributed by atoms with Crippen LogP contribution in [-0.4, -0.2) is 47.0 Å². The molecule has 0 aromatic heterocycles. The number of carbonyl (C=O) groups is 3. The number of carbonyl (C=O) groups excluding carboxylic acids is 3. The standard InChI is InChI=1S/C24H32N4O4/c1-16(29)27-21(14-17-7-5-4-6-8-17)23(32)26-15-24(2,3)28-22(31)20(25)13-18-9-11-19(30)12-10-18/h4-12,20-21,30H,13-15,25H2,1-3H3,(H,26,32)(H,27,29)(H,28,31)/t20?,21-/m1/s1. The minimum Gasteiger partial charge on any atom is -0.508 e. The molecule has 0 fully saturated rings. The molecule has 6 N–H and O–H groups in total. The first-order chi connectivity index (χ1) is 15.1. The van der Waals surface area contributed by atoms with Crippen molar-refractivity contribution in [2.24, 2.45) is 5.73 Å². The molecule has 0 saturated heterocycles. The molecule has 0 aliphatic rings. The molecule has 0 aliphatic heterocycles. The fourth-order valence-corrected chi connectivity index (χ4v) is 3.18. The maximum atomic E-state index is 12.7. The van der Waals surface area contributed by atoms with Crippen LogP contribution in [0, 0.1) is 0 Å². The Balaban J connectivity index is 1.91. The van der Waals surface area contributed by atoms with E-state index >= 15 is 0 Å². The highest BCUT2D eigenvalue weighted by molar-refractivity contribution is 5.87. The fourth-order valence-electron chi connectivity index (χ4n) is 3.18. The van der Waals surface area contributed by atoms with Crippen LogP contribution in [0.4, 0.5) is 0 Å². The number of amides is 3. The lowest BCUT2D eigenvalue weighted by Gasteiger charge is -2.29. The number of nitrogens with one attached hydrogen (secondary N) is 3. The van der Waals surface area contributed by atoms with Gasteiger partial charge in [-0.2, -0.15) is 0 Å². The van der Waals surface area contributed by atoms with Crippen LogP contribution in [0.3, 0.4) is 0 Å². The highest BCUT2D eigenvalue weighted by atomic mass is 16.3. The molecule has 2 aromatic rings. The van der Waals surface area contributed by atoms with Gasteiger partial charge in [-0.3, -0.25) is 14.4 Å². The molecular weight excluding hydrogens is 408 g/mol. The Hall–Kier alpha value is -3.39. The van der Waals surface area contributed by atoms with Gasteiger partial charge in [0.1, 0.15) is 11.8 Å². The van der Waals surface area contributed by atoms with E-state index in [2.05, 4.69) is 16.0 Å². The van der Waals surface area contributed by atoms with Crippen LogP contribution in [0.2, 0.25) is 0 Å². The van der Waals surface area contributed by atoms with Crippen molar-refractivity contribution in [2.75, 3.05) is 6.54 Å². The molecule has 32 heavy (non-hydrogen) atoms. The van der Waals surface area contributed by atoms with Gasteiger partial charge < -0.3 is 26.8 Å². The van der Waals surface area contributed by atoms with E-state index in [1.807, 2.05) is 30.3 Å². The molecule has 8 nitrogen and oxygen atoms in total. The van der Waals surface area contributed by atoms with Crippen LogP contribution in [-0.2, 0) is 27.2 Å². The predicted octanol–water partition coefficient (Wildman–Crippen LogP) is 1.02. The maximum Gasteiger partial charge on any atom is 0.243 e. The van der Waals surface area contributed by atoms with Crippen LogP contribution in [0.25, 0.3) is 0 Å². The second-order valence-corrected chi connectivity index (χ2v) is 8.51. The molecule has 0 saturated carbocycles. The van der Waals surface area contributed by atoms with Crippen LogP contribution in [0.5, 0.6) is 5.75 Å². The summed E-state index contributed by atoms with van der Waals surface area (Å²) in [5, 5.41) is 17.7. The molecule has 172 valence electrons. The van der Waals surface area contributed by atoms with Crippen molar-refractivity contribution in [2.45, 2.75) is 51.2 Å². The SMILES string of the molecule is CC(=O)N[C@H](Cc1ccccc1)C(=O)NCC(C)(C)NC(=O)C(N)Cc1ccc(O)cc1. The van der Waals surface area contributed by atoms with Crippen LogP contribution in [0.1, 0.15) is 31.9 Å². The van der Waals surface area contributed by atoms with Gasteiger partial charge in [0.05, 0.1) is 11.6 Å². The lowest BCUT2D eigenvalue weighted by Crippen LogP contribution is -2.57. The summed E-state index contributed by atoms with van der Waals surface area (Å²) < 4.78 is 0. The van der Waals surface area contributed by atoms with E-state index in [9.17, 15) is 19.5 Å². The molecule has 3 amide bonds. The molecule has 0 aliphatic carbocycles. The van der Waals surface area contributed by atoms with Crippen molar-refractivity contribution >= 4 is 17.7 Å². The van der Waals surface area contributed by atoms with Crippen LogP contribution >= 0.6 is 0 Å². The zero-order valence-electron chi connectivity index (χ0n) is 18.7. The monoisotopic (exact) mass is 440 g/mol. The number of phenolic OH excluding ortho intramolecular Hbond substituents is 1. The Morgan fingerprint density at radius 1 is 0.938 bits per heavy atom. The number of benzene rings is 2. The van der Waals surface area contributed by atoms with Gasteiger partial charge in [0, 0.05) is 19.9 Å². The Morgan fingerprint density at radius 3 is 2.12 bits per heavy atom. The van der Waals surface area contributed by atoms with E-state index in [4.69, 9.17) is 5.73 Å². The van der Waals surface area contributed by atoms with E-state index < -0.39 is 17.6 Å². The fraction of sp³-hybridized carbons (Fsp3) is 0.375. The smallest absolute Gasteiger partial charge is 0.243 e. The second-order valence-electron chi connectivity index (χ2n) is 8.51. The molecule has 2 rings (SSSR count). The summed E-state index contributed by atoms with van der Waals surface area (Å²) in [7, 11) is 0. The summed E-state index contributed by atoms with van der Waals surface area (Å²) in [6, 6.07) is 14.4. The average Bonchev–Trinajstić information content (AvgIpc) is 2.73. The maximum absolute atomic E-state index is 12.7. The third-order valence-corrected chi connectivity index (χ3v) is 4.87. The number of phenols is 1. The highest BCUT2D eigenvalue weighted by Crippen LogP contribution is 2.11. The minimum absolute atomic E-state index is 0.147. The number of nitrogens with two attached hydrogens (primary N) is 1. The second kappa shape index (κ2) is 11.3. The summed E-state index contributed by atoms with van der Waals surface area (Å²) in [5.74, 6) is -0.831. The molecule has 8 heteroatoms. The predicted molar refractivity (Wildman–Crippen MR) is 123 cm³/mol. The minimum atomic E-state index is -0.778. The van der Waals surface area contributed by atoms with Crippen molar-refractivity contribution in [1.29, 1.82) is 0 Å².